The molecule has 0 aliphatic heterocycles. The van der Waals surface area contributed by atoms with E-state index in [4.69, 9.17) is 19.3 Å². The molecular weight excluding hydrogens is 250 g/mol. The van der Waals surface area contributed by atoms with Crippen molar-refractivity contribution in [3.8, 4) is 0 Å². The Morgan fingerprint density at radius 2 is 1.39 bits per heavy atom. The van der Waals surface area contributed by atoms with Crippen molar-refractivity contribution in [2.24, 2.45) is 0 Å². The maximum Gasteiger partial charge on any atom is 0.305 e. The molecule has 0 aromatic rings. The number of hydrogen-bond acceptors (Lipinski definition) is 7. The van der Waals surface area contributed by atoms with E-state index in [1.165, 1.54) is 0 Å². The summed E-state index contributed by atoms with van der Waals surface area (Å²) in [5.74, 6) is -0.902. The quantitative estimate of drug-likeness (QED) is 0.275. The van der Waals surface area contributed by atoms with E-state index in [1.807, 2.05) is 0 Å². The van der Waals surface area contributed by atoms with Gasteiger partial charge in [-0.2, -0.15) is 0 Å². The molecule has 9 heteroatoms. The first-order chi connectivity index (χ1) is 8.63. The normalized spacial score (nSPS) is 10.2. The van der Waals surface area contributed by atoms with Gasteiger partial charge in [0.15, 0.2) is 0 Å². The highest BCUT2D eigenvalue weighted by Crippen LogP contribution is 1.85. The largest absolute Gasteiger partial charge is 0.481 e. The van der Waals surface area contributed by atoms with Crippen LogP contribution in [0.5, 0.6) is 0 Å². The van der Waals surface area contributed by atoms with Gasteiger partial charge in [0.05, 0.1) is 46.1 Å². The van der Waals surface area contributed by atoms with Gasteiger partial charge in [-0.1, -0.05) is 0 Å². The van der Waals surface area contributed by atoms with E-state index in [1.54, 1.807) is 0 Å². The van der Waals surface area contributed by atoms with Gasteiger partial charge in [-0.15, -0.1) is 10.1 Å². The maximum atomic E-state index is 10.1. The molecule has 1 N–H and O–H groups in total. The predicted octanol–water partition coefficient (Wildman–Crippen LogP) is -0.281. The Morgan fingerprint density at radius 1 is 0.944 bits per heavy atom. The van der Waals surface area contributed by atoms with Crippen molar-refractivity contribution >= 4 is 5.97 Å². The summed E-state index contributed by atoms with van der Waals surface area (Å²) in [6.07, 6.45) is -0.0282. The number of carboxylic acid groups (broad SMARTS) is 1. The number of carbonyl (C=O) groups is 1. The van der Waals surface area contributed by atoms with E-state index >= 15 is 0 Å². The van der Waals surface area contributed by atoms with Crippen LogP contribution in [0.3, 0.4) is 0 Å². The fourth-order valence-corrected chi connectivity index (χ4v) is 0.872. The van der Waals surface area contributed by atoms with Crippen LogP contribution in [0.1, 0.15) is 6.42 Å². The van der Waals surface area contributed by atoms with Crippen molar-refractivity contribution in [1.29, 1.82) is 0 Å². The third-order valence-electron chi connectivity index (χ3n) is 1.63. The summed E-state index contributed by atoms with van der Waals surface area (Å²) in [6, 6.07) is 0. The lowest BCUT2D eigenvalue weighted by molar-refractivity contribution is -0.758. The van der Waals surface area contributed by atoms with E-state index in [9.17, 15) is 14.9 Å². The molecule has 0 radical (unpaired) electrons. The minimum absolute atomic E-state index is 0.0282. The summed E-state index contributed by atoms with van der Waals surface area (Å²) in [5.41, 5.74) is 0. The molecule has 0 aliphatic carbocycles. The maximum absolute atomic E-state index is 10.1. The molecule has 0 heterocycles. The average Bonchev–Trinajstić information content (AvgIpc) is 2.29. The Balaban J connectivity index is 2.99. The summed E-state index contributed by atoms with van der Waals surface area (Å²) >= 11 is 0. The summed E-state index contributed by atoms with van der Waals surface area (Å²) < 4.78 is 15.0. The van der Waals surface area contributed by atoms with Crippen molar-refractivity contribution < 1.29 is 34.0 Å². The van der Waals surface area contributed by atoms with Crippen LogP contribution < -0.4 is 0 Å². The van der Waals surface area contributed by atoms with Crippen molar-refractivity contribution in [2.75, 3.05) is 46.2 Å². The third kappa shape index (κ3) is 14.6. The zero-order valence-corrected chi connectivity index (χ0v) is 9.91. The van der Waals surface area contributed by atoms with Crippen molar-refractivity contribution in [2.45, 2.75) is 6.42 Å². The molecule has 9 nitrogen and oxygen atoms in total. The van der Waals surface area contributed by atoms with Gasteiger partial charge in [0.25, 0.3) is 5.09 Å². The second-order valence-corrected chi connectivity index (χ2v) is 3.04. The van der Waals surface area contributed by atoms with Gasteiger partial charge in [-0.3, -0.25) is 4.79 Å². The highest BCUT2D eigenvalue weighted by molar-refractivity contribution is 5.66. The molecule has 0 atom stereocenters. The van der Waals surface area contributed by atoms with E-state index in [2.05, 4.69) is 4.84 Å². The first kappa shape index (κ1) is 16.6. The van der Waals surface area contributed by atoms with Gasteiger partial charge >= 0.3 is 5.97 Å². The zero-order chi connectivity index (χ0) is 13.6. The van der Waals surface area contributed by atoms with Crippen LogP contribution in [0.15, 0.2) is 0 Å². The lowest BCUT2D eigenvalue weighted by Crippen LogP contribution is -2.13. The molecule has 0 saturated heterocycles. The van der Waals surface area contributed by atoms with Crippen LogP contribution in [-0.2, 0) is 23.8 Å². The fourth-order valence-electron chi connectivity index (χ4n) is 0.872. The minimum Gasteiger partial charge on any atom is -0.481 e. The Kier molecular flexibility index (Phi) is 11.1. The van der Waals surface area contributed by atoms with Gasteiger partial charge in [0, 0.05) is 0 Å². The predicted molar refractivity (Wildman–Crippen MR) is 57.7 cm³/mol. The topological polar surface area (TPSA) is 117 Å². The van der Waals surface area contributed by atoms with E-state index in [-0.39, 0.29) is 26.2 Å². The van der Waals surface area contributed by atoms with E-state index < -0.39 is 11.1 Å². The number of hydrogen-bond donors (Lipinski definition) is 1. The van der Waals surface area contributed by atoms with Gasteiger partial charge in [-0.05, 0) is 0 Å². The monoisotopic (exact) mass is 267 g/mol. The Hall–Kier alpha value is -1.45. The number of aliphatic carboxylic acids is 1. The molecule has 0 spiro atoms. The summed E-state index contributed by atoms with van der Waals surface area (Å²) in [4.78, 5) is 23.9. The summed E-state index contributed by atoms with van der Waals surface area (Å²) in [6.45, 7) is 1.47. The molecule has 0 rings (SSSR count). The van der Waals surface area contributed by atoms with Crippen LogP contribution in [-0.4, -0.2) is 62.4 Å². The number of rotatable bonds is 13. The molecule has 0 aliphatic rings. The lowest BCUT2D eigenvalue weighted by atomic mass is 10.5. The fraction of sp³-hybridized carbons (Fsp3) is 0.889. The van der Waals surface area contributed by atoms with Crippen molar-refractivity contribution in [1.82, 2.24) is 0 Å². The van der Waals surface area contributed by atoms with Gasteiger partial charge in [0.2, 0.25) is 0 Å². The van der Waals surface area contributed by atoms with Gasteiger partial charge in [-0.25, -0.2) is 0 Å². The van der Waals surface area contributed by atoms with Crippen LogP contribution in [0.4, 0.5) is 0 Å². The van der Waals surface area contributed by atoms with Crippen LogP contribution in [0.2, 0.25) is 0 Å². The Labute approximate surface area is 104 Å². The molecule has 0 fully saturated rings. The second kappa shape index (κ2) is 12.0. The number of ether oxygens (including phenoxy) is 3. The number of nitrogens with zero attached hydrogens (tertiary/aromatic N) is 1. The van der Waals surface area contributed by atoms with Gasteiger partial charge < -0.3 is 24.2 Å². The zero-order valence-electron chi connectivity index (χ0n) is 9.91. The van der Waals surface area contributed by atoms with E-state index in [0.717, 1.165) is 0 Å². The van der Waals surface area contributed by atoms with Gasteiger partial charge in [0.1, 0.15) is 6.61 Å². The van der Waals surface area contributed by atoms with Crippen molar-refractivity contribution in [3.05, 3.63) is 10.1 Å². The van der Waals surface area contributed by atoms with E-state index in [0.29, 0.717) is 26.4 Å². The molecule has 106 valence electrons. The minimum atomic E-state index is -0.902. The van der Waals surface area contributed by atoms with Crippen LogP contribution in [0.25, 0.3) is 0 Å². The van der Waals surface area contributed by atoms with Crippen LogP contribution in [0, 0.1) is 10.1 Å². The molecule has 0 bridgehead atoms. The SMILES string of the molecule is O=C(O)CCOCCOCCOCCO[N+](=O)[O-]. The lowest BCUT2D eigenvalue weighted by Gasteiger charge is -2.05. The standard InChI is InChI=1S/C9H17NO8/c11-9(12)1-2-15-3-4-16-5-6-17-7-8-18-10(13)14/h1-8H2,(H,11,12). The first-order valence-electron chi connectivity index (χ1n) is 5.35. The molecule has 0 aromatic carbocycles. The smallest absolute Gasteiger partial charge is 0.305 e. The summed E-state index contributed by atoms with van der Waals surface area (Å²) in [7, 11) is 0. The van der Waals surface area contributed by atoms with Crippen molar-refractivity contribution in [3.63, 3.8) is 0 Å². The van der Waals surface area contributed by atoms with Crippen LogP contribution >= 0.6 is 0 Å². The Morgan fingerprint density at radius 3 is 1.83 bits per heavy atom. The average molecular weight is 267 g/mol. The number of carboxylic acids is 1. The molecule has 0 aromatic heterocycles. The molecular formula is C9H17NO8. The second-order valence-electron chi connectivity index (χ2n) is 3.04. The Bertz CT molecular complexity index is 211. The molecule has 0 unspecified atom stereocenters. The first-order valence-corrected chi connectivity index (χ1v) is 5.35. The molecule has 0 saturated carbocycles. The third-order valence-corrected chi connectivity index (χ3v) is 1.63. The highest BCUT2D eigenvalue weighted by atomic mass is 17.0. The summed E-state index contributed by atoms with van der Waals surface area (Å²) in [5, 5.41) is 17.2. The highest BCUT2D eigenvalue weighted by Gasteiger charge is 1.97. The molecule has 18 heavy (non-hydrogen) atoms. The molecule has 0 amide bonds.